The number of rotatable bonds is 7. The van der Waals surface area contributed by atoms with Crippen LogP contribution in [0.5, 0.6) is 5.75 Å². The van der Waals surface area contributed by atoms with Gasteiger partial charge in [0.2, 0.25) is 10.0 Å². The molecule has 0 spiro atoms. The van der Waals surface area contributed by atoms with Gasteiger partial charge in [-0.2, -0.15) is 0 Å². The summed E-state index contributed by atoms with van der Waals surface area (Å²) in [4.78, 5) is 12.3. The number of amides is 1. The monoisotopic (exact) mass is 396 g/mol. The Morgan fingerprint density at radius 3 is 2.54 bits per heavy atom. The zero-order chi connectivity index (χ0) is 19.3. The highest BCUT2D eigenvalue weighted by Crippen LogP contribution is 2.24. The molecule has 8 heteroatoms. The molecule has 2 rings (SSSR count). The molecule has 26 heavy (non-hydrogen) atoms. The third-order valence-electron chi connectivity index (χ3n) is 3.25. The molecule has 0 fully saturated rings. The van der Waals surface area contributed by atoms with E-state index < -0.39 is 10.0 Å². The second kappa shape index (κ2) is 8.42. The Morgan fingerprint density at radius 2 is 1.92 bits per heavy atom. The second-order valence-corrected chi connectivity index (χ2v) is 8.22. The van der Waals surface area contributed by atoms with Crippen LogP contribution in [0.3, 0.4) is 0 Å². The van der Waals surface area contributed by atoms with Crippen LogP contribution in [0.1, 0.15) is 29.8 Å². The highest BCUT2D eigenvalue weighted by Gasteiger charge is 2.11. The van der Waals surface area contributed by atoms with Crippen molar-refractivity contribution in [2.24, 2.45) is 0 Å². The van der Waals surface area contributed by atoms with Gasteiger partial charge in [-0.3, -0.25) is 9.52 Å². The van der Waals surface area contributed by atoms with Crippen LogP contribution in [0.25, 0.3) is 0 Å². The molecule has 0 aromatic heterocycles. The van der Waals surface area contributed by atoms with Crippen molar-refractivity contribution in [1.82, 2.24) is 5.32 Å². The first kappa shape index (κ1) is 20.1. The fourth-order valence-electron chi connectivity index (χ4n) is 2.22. The predicted octanol–water partition coefficient (Wildman–Crippen LogP) is 3.43. The standard InChI is InChI=1S/C18H21ClN2O4S/c1-12(2)25-15-6-4-5-13(9-15)11-20-18(22)14-7-8-17(16(19)10-14)21-26(3,23)24/h4-10,12,21H,11H2,1-3H3,(H,20,22). The third kappa shape index (κ3) is 6.24. The van der Waals surface area contributed by atoms with Crippen molar-refractivity contribution in [3.63, 3.8) is 0 Å². The lowest BCUT2D eigenvalue weighted by molar-refractivity contribution is 0.0951. The number of sulfonamides is 1. The molecule has 2 aromatic rings. The zero-order valence-electron chi connectivity index (χ0n) is 14.7. The summed E-state index contributed by atoms with van der Waals surface area (Å²) in [7, 11) is -3.44. The summed E-state index contributed by atoms with van der Waals surface area (Å²) in [5.74, 6) is 0.430. The molecule has 0 heterocycles. The van der Waals surface area contributed by atoms with Gasteiger partial charge in [0.1, 0.15) is 5.75 Å². The van der Waals surface area contributed by atoms with Gasteiger partial charge in [0.25, 0.3) is 5.91 Å². The largest absolute Gasteiger partial charge is 0.491 e. The SMILES string of the molecule is CC(C)Oc1cccc(CNC(=O)c2ccc(NS(C)(=O)=O)c(Cl)c2)c1. The molecule has 0 aliphatic heterocycles. The van der Waals surface area contributed by atoms with E-state index >= 15 is 0 Å². The summed E-state index contributed by atoms with van der Waals surface area (Å²) >= 11 is 6.04. The van der Waals surface area contributed by atoms with Crippen molar-refractivity contribution in [2.75, 3.05) is 11.0 Å². The average Bonchev–Trinajstić information content (AvgIpc) is 2.53. The van der Waals surface area contributed by atoms with Crippen LogP contribution < -0.4 is 14.8 Å². The number of hydrogen-bond acceptors (Lipinski definition) is 4. The van der Waals surface area contributed by atoms with Crippen molar-refractivity contribution in [3.8, 4) is 5.75 Å². The lowest BCUT2D eigenvalue weighted by Gasteiger charge is -2.12. The maximum absolute atomic E-state index is 12.3. The second-order valence-electron chi connectivity index (χ2n) is 6.07. The van der Waals surface area contributed by atoms with Gasteiger partial charge in [-0.15, -0.1) is 0 Å². The fourth-order valence-corrected chi connectivity index (χ4v) is 3.09. The van der Waals surface area contributed by atoms with Gasteiger partial charge < -0.3 is 10.1 Å². The molecule has 1 amide bonds. The van der Waals surface area contributed by atoms with E-state index in [9.17, 15) is 13.2 Å². The molecule has 140 valence electrons. The van der Waals surface area contributed by atoms with E-state index in [0.29, 0.717) is 12.1 Å². The highest BCUT2D eigenvalue weighted by atomic mass is 35.5. The topological polar surface area (TPSA) is 84.5 Å². The molecule has 2 aromatic carbocycles. The Labute approximate surface area is 158 Å². The predicted molar refractivity (Wildman–Crippen MR) is 103 cm³/mol. The van der Waals surface area contributed by atoms with Gasteiger partial charge in [0.05, 0.1) is 23.1 Å². The van der Waals surface area contributed by atoms with Gasteiger partial charge >= 0.3 is 0 Å². The summed E-state index contributed by atoms with van der Waals surface area (Å²) in [6.45, 7) is 4.22. The van der Waals surface area contributed by atoms with Crippen molar-refractivity contribution in [1.29, 1.82) is 0 Å². The van der Waals surface area contributed by atoms with Crippen molar-refractivity contribution in [2.45, 2.75) is 26.5 Å². The summed E-state index contributed by atoms with van der Waals surface area (Å²) in [6, 6.07) is 11.9. The van der Waals surface area contributed by atoms with E-state index in [4.69, 9.17) is 16.3 Å². The Morgan fingerprint density at radius 1 is 1.19 bits per heavy atom. The lowest BCUT2D eigenvalue weighted by atomic mass is 10.1. The van der Waals surface area contributed by atoms with Crippen molar-refractivity contribution < 1.29 is 17.9 Å². The molecule has 0 unspecified atom stereocenters. The van der Waals surface area contributed by atoms with Crippen LogP contribution in [0.15, 0.2) is 42.5 Å². The Hall–Kier alpha value is -2.25. The van der Waals surface area contributed by atoms with Crippen molar-refractivity contribution in [3.05, 3.63) is 58.6 Å². The zero-order valence-corrected chi connectivity index (χ0v) is 16.3. The summed E-state index contributed by atoms with van der Waals surface area (Å²) in [6.07, 6.45) is 1.10. The van der Waals surface area contributed by atoms with Crippen LogP contribution in [0.2, 0.25) is 5.02 Å². The maximum Gasteiger partial charge on any atom is 0.251 e. The van der Waals surface area contributed by atoms with E-state index in [1.807, 2.05) is 38.1 Å². The first-order valence-electron chi connectivity index (χ1n) is 7.95. The van der Waals surface area contributed by atoms with E-state index in [2.05, 4.69) is 10.0 Å². The van der Waals surface area contributed by atoms with Crippen LogP contribution in [-0.4, -0.2) is 26.7 Å². The molecule has 0 aliphatic rings. The van der Waals surface area contributed by atoms with Gasteiger partial charge in [-0.1, -0.05) is 23.7 Å². The van der Waals surface area contributed by atoms with Crippen LogP contribution in [0.4, 0.5) is 5.69 Å². The van der Waals surface area contributed by atoms with E-state index in [1.54, 1.807) is 0 Å². The molecule has 0 bridgehead atoms. The number of carbonyl (C=O) groups is 1. The highest BCUT2D eigenvalue weighted by molar-refractivity contribution is 7.92. The molecule has 0 atom stereocenters. The first-order valence-corrected chi connectivity index (χ1v) is 10.2. The molecule has 2 N–H and O–H groups in total. The first-order chi connectivity index (χ1) is 12.1. The number of benzene rings is 2. The summed E-state index contributed by atoms with van der Waals surface area (Å²) in [5.41, 5.74) is 1.46. The smallest absolute Gasteiger partial charge is 0.251 e. The third-order valence-corrected chi connectivity index (χ3v) is 4.15. The van der Waals surface area contributed by atoms with Gasteiger partial charge in [0, 0.05) is 12.1 Å². The number of ether oxygens (including phenoxy) is 1. The Balaban J connectivity index is 2.03. The summed E-state index contributed by atoms with van der Waals surface area (Å²) in [5, 5.41) is 2.95. The molecular formula is C18H21ClN2O4S. The Kier molecular flexibility index (Phi) is 6.50. The fraction of sp³-hybridized carbons (Fsp3) is 0.278. The minimum atomic E-state index is -3.44. The number of nitrogens with one attached hydrogen (secondary N) is 2. The molecule has 6 nitrogen and oxygen atoms in total. The average molecular weight is 397 g/mol. The maximum atomic E-state index is 12.3. The molecule has 0 saturated heterocycles. The van der Waals surface area contributed by atoms with Gasteiger partial charge in [0.15, 0.2) is 0 Å². The minimum Gasteiger partial charge on any atom is -0.491 e. The van der Waals surface area contributed by atoms with Crippen molar-refractivity contribution >= 4 is 33.2 Å². The normalized spacial score (nSPS) is 11.3. The summed E-state index contributed by atoms with van der Waals surface area (Å²) < 4.78 is 30.5. The quantitative estimate of drug-likeness (QED) is 0.750. The number of anilines is 1. The van der Waals surface area contributed by atoms with E-state index in [-0.39, 0.29) is 22.7 Å². The van der Waals surface area contributed by atoms with E-state index in [1.165, 1.54) is 18.2 Å². The van der Waals surface area contributed by atoms with Gasteiger partial charge in [-0.05, 0) is 49.7 Å². The van der Waals surface area contributed by atoms with Crippen LogP contribution in [-0.2, 0) is 16.6 Å². The van der Waals surface area contributed by atoms with Gasteiger partial charge in [-0.25, -0.2) is 8.42 Å². The van der Waals surface area contributed by atoms with Crippen LogP contribution >= 0.6 is 11.6 Å². The molecular weight excluding hydrogens is 376 g/mol. The Bertz CT molecular complexity index is 898. The number of halogens is 1. The van der Waals surface area contributed by atoms with Crippen LogP contribution in [0, 0.1) is 0 Å². The number of carbonyl (C=O) groups excluding carboxylic acids is 1. The number of hydrogen-bond donors (Lipinski definition) is 2. The molecule has 0 saturated carbocycles. The molecule has 0 aliphatic carbocycles. The van der Waals surface area contributed by atoms with E-state index in [0.717, 1.165) is 17.6 Å². The molecule has 0 radical (unpaired) electrons. The lowest BCUT2D eigenvalue weighted by Crippen LogP contribution is -2.23. The minimum absolute atomic E-state index is 0.0704.